The molecule has 0 saturated carbocycles. The Labute approximate surface area is 97.3 Å². The number of benzene rings is 1. The summed E-state index contributed by atoms with van der Waals surface area (Å²) < 4.78 is 13.2. The van der Waals surface area contributed by atoms with Crippen LogP contribution in [0.1, 0.15) is 24.0 Å². The van der Waals surface area contributed by atoms with Crippen molar-refractivity contribution in [1.82, 2.24) is 4.90 Å². The van der Waals surface area contributed by atoms with Gasteiger partial charge in [0.1, 0.15) is 11.5 Å². The molecule has 0 bridgehead atoms. The first-order chi connectivity index (χ1) is 8.20. The minimum absolute atomic E-state index is 0.0334. The average Bonchev–Trinajstić information content (AvgIpc) is 2.68. The first-order valence-corrected chi connectivity index (χ1v) is 5.51. The topological polar surface area (TPSA) is 52.9 Å². The Bertz CT molecular complexity index is 527. The van der Waals surface area contributed by atoms with Crippen molar-refractivity contribution < 1.29 is 14.4 Å². The maximum atomic E-state index is 13.2. The van der Waals surface area contributed by atoms with Crippen molar-refractivity contribution in [2.45, 2.75) is 25.4 Å². The molecule has 0 spiro atoms. The molecule has 1 saturated heterocycles. The second kappa shape index (κ2) is 3.55. The summed E-state index contributed by atoms with van der Waals surface area (Å²) in [7, 11) is 0. The van der Waals surface area contributed by atoms with Crippen molar-refractivity contribution >= 4 is 11.6 Å². The monoisotopic (exact) mass is 234 g/mol. The Morgan fingerprint density at radius 2 is 2.29 bits per heavy atom. The third kappa shape index (κ3) is 1.42. The lowest BCUT2D eigenvalue weighted by atomic mass is 9.92. The number of rotatable bonds is 0. The highest BCUT2D eigenvalue weighted by Crippen LogP contribution is 2.31. The fourth-order valence-corrected chi connectivity index (χ4v) is 2.64. The van der Waals surface area contributed by atoms with Gasteiger partial charge in [0.05, 0.1) is 6.04 Å². The molecule has 1 fully saturated rings. The van der Waals surface area contributed by atoms with E-state index in [4.69, 9.17) is 5.21 Å². The Morgan fingerprint density at radius 1 is 1.47 bits per heavy atom. The second-order valence-electron chi connectivity index (χ2n) is 4.36. The normalized spacial score (nSPS) is 25.0. The van der Waals surface area contributed by atoms with Gasteiger partial charge in [-0.3, -0.25) is 4.79 Å². The summed E-state index contributed by atoms with van der Waals surface area (Å²) >= 11 is 0. The third-order valence-electron chi connectivity index (χ3n) is 3.44. The Balaban J connectivity index is 2.14. The van der Waals surface area contributed by atoms with Crippen LogP contribution in [0.4, 0.5) is 4.39 Å². The van der Waals surface area contributed by atoms with Crippen LogP contribution in [0.3, 0.4) is 0 Å². The molecule has 88 valence electrons. The fourth-order valence-electron chi connectivity index (χ4n) is 2.64. The molecular formula is C12H11FN2O2. The van der Waals surface area contributed by atoms with Crippen LogP contribution in [0.25, 0.3) is 0 Å². The molecule has 4 nitrogen and oxygen atoms in total. The molecule has 1 atom stereocenters. The van der Waals surface area contributed by atoms with Crippen LogP contribution in [0.2, 0.25) is 0 Å². The molecule has 2 aliphatic rings. The van der Waals surface area contributed by atoms with E-state index in [0.29, 0.717) is 30.7 Å². The van der Waals surface area contributed by atoms with Crippen LogP contribution >= 0.6 is 0 Å². The largest absolute Gasteiger partial charge is 0.411 e. The highest BCUT2D eigenvalue weighted by Gasteiger charge is 2.39. The van der Waals surface area contributed by atoms with Gasteiger partial charge < -0.3 is 10.1 Å². The number of hydrogen-bond acceptors (Lipinski definition) is 3. The molecule has 1 N–H and O–H groups in total. The maximum Gasteiger partial charge on any atom is 0.223 e. The Kier molecular flexibility index (Phi) is 2.14. The van der Waals surface area contributed by atoms with Crippen molar-refractivity contribution in [2.24, 2.45) is 5.16 Å². The molecule has 1 amide bonds. The molecule has 1 aromatic rings. The molecule has 1 unspecified atom stereocenters. The summed E-state index contributed by atoms with van der Waals surface area (Å²) in [6, 6.07) is 4.18. The molecule has 0 aliphatic carbocycles. The van der Waals surface area contributed by atoms with E-state index in [2.05, 4.69) is 5.16 Å². The van der Waals surface area contributed by atoms with E-state index in [1.165, 1.54) is 12.1 Å². The molecule has 0 radical (unpaired) electrons. The number of amides is 1. The number of oxime groups is 1. The van der Waals surface area contributed by atoms with Crippen LogP contribution < -0.4 is 0 Å². The van der Waals surface area contributed by atoms with E-state index < -0.39 is 0 Å². The highest BCUT2D eigenvalue weighted by atomic mass is 19.1. The van der Waals surface area contributed by atoms with Gasteiger partial charge in [-0.2, -0.15) is 0 Å². The standard InChI is InChI=1S/C12H11FN2O2/c13-8-1-2-9-7(5-8)6-15-10(12(9)14-17)3-4-11(15)16/h1-2,5,10,17H,3-4,6H2/b14-12-. The Morgan fingerprint density at radius 3 is 3.06 bits per heavy atom. The van der Waals surface area contributed by atoms with E-state index in [-0.39, 0.29) is 17.8 Å². The van der Waals surface area contributed by atoms with E-state index in [0.717, 1.165) is 5.56 Å². The summed E-state index contributed by atoms with van der Waals surface area (Å²) in [4.78, 5) is 13.3. The summed E-state index contributed by atoms with van der Waals surface area (Å²) in [6.07, 6.45) is 1.12. The summed E-state index contributed by atoms with van der Waals surface area (Å²) in [5.41, 5.74) is 1.91. The minimum atomic E-state index is -0.342. The molecule has 0 aromatic heterocycles. The number of nitrogens with zero attached hydrogens (tertiary/aromatic N) is 2. The predicted molar refractivity (Wildman–Crippen MR) is 58.3 cm³/mol. The van der Waals surface area contributed by atoms with Gasteiger partial charge in [0.2, 0.25) is 5.91 Å². The molecule has 2 heterocycles. The van der Waals surface area contributed by atoms with E-state index in [9.17, 15) is 9.18 Å². The highest BCUT2D eigenvalue weighted by molar-refractivity contribution is 6.09. The van der Waals surface area contributed by atoms with Crippen molar-refractivity contribution in [3.8, 4) is 0 Å². The lowest BCUT2D eigenvalue weighted by molar-refractivity contribution is -0.128. The van der Waals surface area contributed by atoms with E-state index in [1.807, 2.05) is 0 Å². The van der Waals surface area contributed by atoms with Gasteiger partial charge >= 0.3 is 0 Å². The van der Waals surface area contributed by atoms with E-state index in [1.54, 1.807) is 11.0 Å². The molecule has 3 rings (SSSR count). The molecule has 2 aliphatic heterocycles. The van der Waals surface area contributed by atoms with Crippen LogP contribution in [-0.4, -0.2) is 27.8 Å². The van der Waals surface area contributed by atoms with Crippen LogP contribution in [0.15, 0.2) is 23.4 Å². The first kappa shape index (κ1) is 10.3. The SMILES string of the molecule is O=C1CCC2/C(=N\O)c3ccc(F)cc3CN12. The van der Waals surface area contributed by atoms with Gasteiger partial charge in [-0.05, 0) is 30.2 Å². The molecular weight excluding hydrogens is 223 g/mol. The summed E-state index contributed by atoms with van der Waals surface area (Å²) in [5, 5.41) is 12.4. The number of carbonyl (C=O) groups is 1. The van der Waals surface area contributed by atoms with E-state index >= 15 is 0 Å². The van der Waals surface area contributed by atoms with Crippen molar-refractivity contribution in [2.75, 3.05) is 0 Å². The van der Waals surface area contributed by atoms with Gasteiger partial charge in [0, 0.05) is 18.5 Å². The fraction of sp³-hybridized carbons (Fsp3) is 0.333. The third-order valence-corrected chi connectivity index (χ3v) is 3.44. The smallest absolute Gasteiger partial charge is 0.223 e. The molecule has 17 heavy (non-hydrogen) atoms. The number of halogens is 1. The van der Waals surface area contributed by atoms with Crippen molar-refractivity contribution in [3.05, 3.63) is 35.1 Å². The van der Waals surface area contributed by atoms with Crippen molar-refractivity contribution in [3.63, 3.8) is 0 Å². The minimum Gasteiger partial charge on any atom is -0.411 e. The first-order valence-electron chi connectivity index (χ1n) is 5.51. The van der Waals surface area contributed by atoms with Crippen LogP contribution in [0.5, 0.6) is 0 Å². The van der Waals surface area contributed by atoms with Crippen LogP contribution in [-0.2, 0) is 11.3 Å². The zero-order chi connectivity index (χ0) is 12.0. The van der Waals surface area contributed by atoms with Gasteiger partial charge in [-0.1, -0.05) is 5.16 Å². The lowest BCUT2D eigenvalue weighted by Crippen LogP contribution is -2.43. The van der Waals surface area contributed by atoms with Crippen molar-refractivity contribution in [1.29, 1.82) is 0 Å². The molecule has 5 heteroatoms. The summed E-state index contributed by atoms with van der Waals surface area (Å²) in [5.74, 6) is -0.308. The number of fused-ring (bicyclic) bond motifs is 2. The second-order valence-corrected chi connectivity index (χ2v) is 4.36. The van der Waals surface area contributed by atoms with Gasteiger partial charge in [0.25, 0.3) is 0 Å². The number of hydrogen-bond donors (Lipinski definition) is 1. The maximum absolute atomic E-state index is 13.2. The zero-order valence-electron chi connectivity index (χ0n) is 9.06. The Hall–Kier alpha value is -1.91. The average molecular weight is 234 g/mol. The van der Waals surface area contributed by atoms with Gasteiger partial charge in [-0.15, -0.1) is 0 Å². The van der Waals surface area contributed by atoms with Gasteiger partial charge in [-0.25, -0.2) is 4.39 Å². The van der Waals surface area contributed by atoms with Gasteiger partial charge in [0.15, 0.2) is 0 Å². The van der Waals surface area contributed by atoms with Crippen LogP contribution in [0, 0.1) is 5.82 Å². The summed E-state index contributed by atoms with van der Waals surface area (Å²) in [6.45, 7) is 0.398. The quantitative estimate of drug-likeness (QED) is 0.546. The predicted octanol–water partition coefficient (Wildman–Crippen LogP) is 1.51. The molecule has 1 aromatic carbocycles. The lowest BCUT2D eigenvalue weighted by Gasteiger charge is -2.32. The number of carbonyl (C=O) groups excluding carboxylic acids is 1. The zero-order valence-corrected chi connectivity index (χ0v) is 9.06.